The van der Waals surface area contributed by atoms with Crippen molar-refractivity contribution in [2.45, 2.75) is 65.0 Å². The van der Waals surface area contributed by atoms with E-state index in [9.17, 15) is 14.4 Å². The van der Waals surface area contributed by atoms with Crippen LogP contribution in [0.15, 0.2) is 24.3 Å². The Hall–Kier alpha value is -2.41. The van der Waals surface area contributed by atoms with Gasteiger partial charge >= 0.3 is 0 Å². The Labute approximate surface area is 182 Å². The maximum absolute atomic E-state index is 12.9. The Bertz CT molecular complexity index is 922. The summed E-state index contributed by atoms with van der Waals surface area (Å²) in [4.78, 5) is 39.7. The molecule has 1 saturated heterocycles. The normalized spacial score (nSPS) is 17.1. The molecule has 1 atom stereocenters. The number of carbonyl (C=O) groups is 3. The molecule has 2 N–H and O–H groups in total. The standard InChI is InChI=1S/C23H31N3O3S/c1-15(2)25-23(29)22-19(18-10-6-7-11-20(18)30-22)13-17-9-5-4-8-12-26(17)21(28)14-24-16(3)27/h6-7,10-11,15,17H,4-5,8-9,12-14H2,1-3H3,(H,24,27)(H,25,29). The van der Waals surface area contributed by atoms with Gasteiger partial charge in [0.15, 0.2) is 0 Å². The van der Waals surface area contributed by atoms with Crippen molar-refractivity contribution < 1.29 is 14.4 Å². The summed E-state index contributed by atoms with van der Waals surface area (Å²) in [7, 11) is 0. The van der Waals surface area contributed by atoms with Crippen molar-refractivity contribution in [1.29, 1.82) is 0 Å². The molecule has 30 heavy (non-hydrogen) atoms. The van der Waals surface area contributed by atoms with Gasteiger partial charge < -0.3 is 15.5 Å². The molecule has 6 nitrogen and oxygen atoms in total. The van der Waals surface area contributed by atoms with Crippen LogP contribution in [0.4, 0.5) is 0 Å². The molecular weight excluding hydrogens is 398 g/mol. The van der Waals surface area contributed by atoms with E-state index in [2.05, 4.69) is 16.7 Å². The summed E-state index contributed by atoms with van der Waals surface area (Å²) in [5, 5.41) is 6.74. The number of rotatable bonds is 6. The zero-order valence-corrected chi connectivity index (χ0v) is 18.8. The highest BCUT2D eigenvalue weighted by Crippen LogP contribution is 2.34. The molecule has 1 fully saturated rings. The lowest BCUT2D eigenvalue weighted by molar-refractivity contribution is -0.134. The van der Waals surface area contributed by atoms with Gasteiger partial charge in [-0.25, -0.2) is 0 Å². The molecule has 0 aliphatic carbocycles. The SMILES string of the molecule is CC(=O)NCC(=O)N1CCCCCC1Cc1c(C(=O)NC(C)C)sc2ccccc12. The van der Waals surface area contributed by atoms with Crippen molar-refractivity contribution in [2.24, 2.45) is 0 Å². The molecule has 1 aromatic carbocycles. The largest absolute Gasteiger partial charge is 0.349 e. The molecule has 0 saturated carbocycles. The minimum Gasteiger partial charge on any atom is -0.349 e. The van der Waals surface area contributed by atoms with Gasteiger partial charge in [-0.15, -0.1) is 11.3 Å². The molecule has 2 aromatic rings. The van der Waals surface area contributed by atoms with Crippen LogP contribution in [0.5, 0.6) is 0 Å². The van der Waals surface area contributed by atoms with Crippen LogP contribution in [0.25, 0.3) is 10.1 Å². The maximum atomic E-state index is 12.9. The van der Waals surface area contributed by atoms with Crippen LogP contribution in [0.3, 0.4) is 0 Å². The lowest BCUT2D eigenvalue weighted by Gasteiger charge is -2.30. The molecule has 7 heteroatoms. The molecule has 0 radical (unpaired) electrons. The lowest BCUT2D eigenvalue weighted by Crippen LogP contribution is -2.46. The van der Waals surface area contributed by atoms with Gasteiger partial charge in [0.25, 0.3) is 5.91 Å². The highest BCUT2D eigenvalue weighted by atomic mass is 32.1. The number of nitrogens with one attached hydrogen (secondary N) is 2. The first kappa shape index (κ1) is 22.3. The molecule has 2 heterocycles. The lowest BCUT2D eigenvalue weighted by atomic mass is 9.97. The van der Waals surface area contributed by atoms with Crippen LogP contribution < -0.4 is 10.6 Å². The van der Waals surface area contributed by atoms with E-state index in [-0.39, 0.29) is 36.3 Å². The number of thiophene rings is 1. The fourth-order valence-electron chi connectivity index (χ4n) is 4.07. The second kappa shape index (κ2) is 10.1. The van der Waals surface area contributed by atoms with E-state index >= 15 is 0 Å². The zero-order chi connectivity index (χ0) is 21.7. The first-order valence-electron chi connectivity index (χ1n) is 10.7. The zero-order valence-electron chi connectivity index (χ0n) is 18.0. The monoisotopic (exact) mass is 429 g/mol. The van der Waals surface area contributed by atoms with Gasteiger partial charge in [-0.05, 0) is 50.1 Å². The number of benzene rings is 1. The summed E-state index contributed by atoms with van der Waals surface area (Å²) in [6.07, 6.45) is 4.67. The number of likely N-dealkylation sites (tertiary alicyclic amines) is 1. The van der Waals surface area contributed by atoms with E-state index in [1.54, 1.807) is 0 Å². The van der Waals surface area contributed by atoms with Crippen LogP contribution in [0.1, 0.15) is 61.7 Å². The number of carbonyl (C=O) groups excluding carboxylic acids is 3. The van der Waals surface area contributed by atoms with Crippen molar-refractivity contribution in [2.75, 3.05) is 13.1 Å². The van der Waals surface area contributed by atoms with Crippen LogP contribution >= 0.6 is 11.3 Å². The van der Waals surface area contributed by atoms with Gasteiger partial charge in [0, 0.05) is 30.3 Å². The quantitative estimate of drug-likeness (QED) is 0.738. The van der Waals surface area contributed by atoms with Gasteiger partial charge in [0.1, 0.15) is 0 Å². The van der Waals surface area contributed by atoms with Gasteiger partial charge in [-0.3, -0.25) is 14.4 Å². The third kappa shape index (κ3) is 5.39. The van der Waals surface area contributed by atoms with E-state index in [4.69, 9.17) is 0 Å². The molecule has 3 rings (SSSR count). The third-order valence-corrected chi connectivity index (χ3v) is 6.66. The fourth-order valence-corrected chi connectivity index (χ4v) is 5.20. The predicted molar refractivity (Wildman–Crippen MR) is 121 cm³/mol. The topological polar surface area (TPSA) is 78.5 Å². The second-order valence-electron chi connectivity index (χ2n) is 8.24. The average Bonchev–Trinajstić information content (AvgIpc) is 2.89. The Kier molecular flexibility index (Phi) is 7.48. The molecular formula is C23H31N3O3S. The van der Waals surface area contributed by atoms with Crippen LogP contribution in [-0.2, 0) is 16.0 Å². The predicted octanol–water partition coefficient (Wildman–Crippen LogP) is 3.49. The number of amides is 3. The maximum Gasteiger partial charge on any atom is 0.261 e. The minimum atomic E-state index is -0.203. The van der Waals surface area contributed by atoms with Crippen LogP contribution in [-0.4, -0.2) is 47.8 Å². The van der Waals surface area contributed by atoms with Crippen molar-refractivity contribution in [3.05, 3.63) is 34.7 Å². The number of nitrogens with zero attached hydrogens (tertiary/aromatic N) is 1. The minimum absolute atomic E-state index is 0.0247. The number of fused-ring (bicyclic) bond motifs is 1. The average molecular weight is 430 g/mol. The smallest absolute Gasteiger partial charge is 0.261 e. The number of hydrogen-bond donors (Lipinski definition) is 2. The van der Waals surface area contributed by atoms with Crippen LogP contribution in [0, 0.1) is 0 Å². The van der Waals surface area contributed by atoms with Gasteiger partial charge in [-0.2, -0.15) is 0 Å². The molecule has 1 unspecified atom stereocenters. The third-order valence-electron chi connectivity index (χ3n) is 5.45. The van der Waals surface area contributed by atoms with Gasteiger partial charge in [0.2, 0.25) is 11.8 Å². The molecule has 1 aliphatic rings. The van der Waals surface area contributed by atoms with Crippen molar-refractivity contribution >= 4 is 39.1 Å². The summed E-state index contributed by atoms with van der Waals surface area (Å²) < 4.78 is 1.09. The first-order valence-corrected chi connectivity index (χ1v) is 11.5. The summed E-state index contributed by atoms with van der Waals surface area (Å²) in [5.74, 6) is -0.304. The summed E-state index contributed by atoms with van der Waals surface area (Å²) >= 11 is 1.52. The van der Waals surface area contributed by atoms with Crippen molar-refractivity contribution in [3.8, 4) is 0 Å². The molecule has 1 aliphatic heterocycles. The highest BCUT2D eigenvalue weighted by molar-refractivity contribution is 7.21. The number of hydrogen-bond acceptors (Lipinski definition) is 4. The Morgan fingerprint density at radius 3 is 2.67 bits per heavy atom. The molecule has 1 aromatic heterocycles. The summed E-state index contributed by atoms with van der Waals surface area (Å²) in [6, 6.07) is 8.18. The van der Waals surface area contributed by atoms with E-state index in [0.717, 1.165) is 46.2 Å². The molecule has 0 bridgehead atoms. The molecule has 0 spiro atoms. The Morgan fingerprint density at radius 2 is 1.93 bits per heavy atom. The summed E-state index contributed by atoms with van der Waals surface area (Å²) in [5.41, 5.74) is 1.03. The van der Waals surface area contributed by atoms with Gasteiger partial charge in [-0.1, -0.05) is 31.0 Å². The highest BCUT2D eigenvalue weighted by Gasteiger charge is 2.29. The second-order valence-corrected chi connectivity index (χ2v) is 9.29. The summed E-state index contributed by atoms with van der Waals surface area (Å²) in [6.45, 7) is 6.05. The van der Waals surface area contributed by atoms with Crippen molar-refractivity contribution in [3.63, 3.8) is 0 Å². The Morgan fingerprint density at radius 1 is 1.17 bits per heavy atom. The van der Waals surface area contributed by atoms with E-state index < -0.39 is 0 Å². The van der Waals surface area contributed by atoms with Crippen molar-refractivity contribution in [1.82, 2.24) is 15.5 Å². The van der Waals surface area contributed by atoms with E-state index in [1.165, 1.54) is 18.3 Å². The van der Waals surface area contributed by atoms with E-state index in [0.29, 0.717) is 13.0 Å². The fraction of sp³-hybridized carbons (Fsp3) is 0.522. The Balaban J connectivity index is 1.92. The molecule has 3 amide bonds. The van der Waals surface area contributed by atoms with Gasteiger partial charge in [0.05, 0.1) is 11.4 Å². The van der Waals surface area contributed by atoms with Crippen LogP contribution in [0.2, 0.25) is 0 Å². The first-order chi connectivity index (χ1) is 14.4. The molecule has 162 valence electrons. The van der Waals surface area contributed by atoms with E-state index in [1.807, 2.05) is 36.9 Å².